The van der Waals surface area contributed by atoms with Crippen LogP contribution in [0.1, 0.15) is 24.8 Å². The average Bonchev–Trinajstić information content (AvgIpc) is 3.19. The number of carboxylic acids is 1. The Labute approximate surface area is 164 Å². The molecule has 146 valence electrons. The fourth-order valence-corrected chi connectivity index (χ4v) is 5.13. The molecule has 27 heavy (non-hydrogen) atoms. The maximum atomic E-state index is 12.8. The SMILES string of the molecule is O=C(O)C1CC2CCC1N2CC(=O)N1CCN(Cc2cccc(Cl)c2)CC1. The topological polar surface area (TPSA) is 64.1 Å². The first-order valence-electron chi connectivity index (χ1n) is 9.74. The molecule has 1 N–H and O–H groups in total. The maximum absolute atomic E-state index is 12.8. The number of carboxylic acid groups (broad SMARTS) is 1. The first kappa shape index (κ1) is 18.7. The third kappa shape index (κ3) is 3.98. The zero-order valence-corrected chi connectivity index (χ0v) is 16.1. The summed E-state index contributed by atoms with van der Waals surface area (Å²) in [4.78, 5) is 30.6. The third-order valence-corrected chi connectivity index (χ3v) is 6.57. The normalized spacial score (nSPS) is 28.6. The number of hydrogen-bond donors (Lipinski definition) is 1. The summed E-state index contributed by atoms with van der Waals surface area (Å²) in [6.07, 6.45) is 2.62. The van der Waals surface area contributed by atoms with Gasteiger partial charge in [-0.15, -0.1) is 0 Å². The van der Waals surface area contributed by atoms with Gasteiger partial charge in [0.2, 0.25) is 5.91 Å². The first-order chi connectivity index (χ1) is 13.0. The predicted molar refractivity (Wildman–Crippen MR) is 103 cm³/mol. The van der Waals surface area contributed by atoms with Crippen molar-refractivity contribution < 1.29 is 14.7 Å². The van der Waals surface area contributed by atoms with Gasteiger partial charge in [-0.3, -0.25) is 19.4 Å². The molecule has 3 aliphatic rings. The highest BCUT2D eigenvalue weighted by atomic mass is 35.5. The van der Waals surface area contributed by atoms with E-state index in [9.17, 15) is 14.7 Å². The Balaban J connectivity index is 1.27. The van der Waals surface area contributed by atoms with Gasteiger partial charge in [-0.2, -0.15) is 0 Å². The summed E-state index contributed by atoms with van der Waals surface area (Å²) >= 11 is 6.05. The van der Waals surface area contributed by atoms with Crippen molar-refractivity contribution in [2.24, 2.45) is 5.92 Å². The van der Waals surface area contributed by atoms with E-state index < -0.39 is 5.97 Å². The van der Waals surface area contributed by atoms with E-state index in [1.54, 1.807) is 0 Å². The number of aliphatic carboxylic acids is 1. The van der Waals surface area contributed by atoms with Crippen LogP contribution in [0.15, 0.2) is 24.3 Å². The lowest BCUT2D eigenvalue weighted by Gasteiger charge is -2.36. The molecule has 3 heterocycles. The van der Waals surface area contributed by atoms with Crippen molar-refractivity contribution in [2.45, 2.75) is 37.9 Å². The third-order valence-electron chi connectivity index (χ3n) is 6.34. The van der Waals surface area contributed by atoms with E-state index in [-0.39, 0.29) is 23.9 Å². The number of carbonyl (C=O) groups excluding carboxylic acids is 1. The van der Waals surface area contributed by atoms with Gasteiger partial charge in [0, 0.05) is 49.8 Å². The second kappa shape index (κ2) is 7.78. The van der Waals surface area contributed by atoms with Crippen molar-refractivity contribution >= 4 is 23.5 Å². The van der Waals surface area contributed by atoms with E-state index in [0.717, 1.165) is 50.6 Å². The Morgan fingerprint density at radius 1 is 1.15 bits per heavy atom. The zero-order valence-electron chi connectivity index (χ0n) is 15.4. The number of carbonyl (C=O) groups is 2. The molecular formula is C20H26ClN3O3. The van der Waals surface area contributed by atoms with Gasteiger partial charge in [-0.25, -0.2) is 0 Å². The summed E-state index contributed by atoms with van der Waals surface area (Å²) in [6, 6.07) is 8.21. The van der Waals surface area contributed by atoms with E-state index in [4.69, 9.17) is 11.6 Å². The van der Waals surface area contributed by atoms with E-state index in [0.29, 0.717) is 13.0 Å². The number of amides is 1. The smallest absolute Gasteiger partial charge is 0.308 e. The molecule has 0 aromatic heterocycles. The fourth-order valence-electron chi connectivity index (χ4n) is 4.92. The van der Waals surface area contributed by atoms with Crippen LogP contribution in [0.25, 0.3) is 0 Å². The molecule has 3 fully saturated rings. The van der Waals surface area contributed by atoms with Crippen LogP contribution in [-0.4, -0.2) is 76.5 Å². The molecule has 4 rings (SSSR count). The molecule has 0 saturated carbocycles. The maximum Gasteiger partial charge on any atom is 0.308 e. The van der Waals surface area contributed by atoms with Crippen molar-refractivity contribution in [1.29, 1.82) is 0 Å². The van der Waals surface area contributed by atoms with Crippen LogP contribution in [0.5, 0.6) is 0 Å². The largest absolute Gasteiger partial charge is 0.481 e. The van der Waals surface area contributed by atoms with Gasteiger partial charge in [-0.1, -0.05) is 23.7 Å². The molecule has 2 bridgehead atoms. The molecule has 0 aliphatic carbocycles. The lowest BCUT2D eigenvalue weighted by molar-refractivity contribution is -0.143. The summed E-state index contributed by atoms with van der Waals surface area (Å²) in [6.45, 7) is 4.37. The number of nitrogens with zero attached hydrogens (tertiary/aromatic N) is 3. The summed E-state index contributed by atoms with van der Waals surface area (Å²) in [5.74, 6) is -0.874. The average molecular weight is 392 g/mol. The van der Waals surface area contributed by atoms with Crippen molar-refractivity contribution in [3.63, 3.8) is 0 Å². The molecular weight excluding hydrogens is 366 g/mol. The van der Waals surface area contributed by atoms with E-state index in [2.05, 4.69) is 15.9 Å². The second-order valence-electron chi connectivity index (χ2n) is 7.94. The number of fused-ring (bicyclic) bond motifs is 2. The van der Waals surface area contributed by atoms with Crippen molar-refractivity contribution in [1.82, 2.24) is 14.7 Å². The highest BCUT2D eigenvalue weighted by Crippen LogP contribution is 2.41. The van der Waals surface area contributed by atoms with Crippen LogP contribution in [-0.2, 0) is 16.1 Å². The highest BCUT2D eigenvalue weighted by Gasteiger charge is 2.49. The molecule has 1 amide bonds. The van der Waals surface area contributed by atoms with Gasteiger partial charge in [0.15, 0.2) is 0 Å². The lowest BCUT2D eigenvalue weighted by Crippen LogP contribution is -2.51. The van der Waals surface area contributed by atoms with Crippen LogP contribution in [0.2, 0.25) is 5.02 Å². The van der Waals surface area contributed by atoms with Crippen LogP contribution in [0.3, 0.4) is 0 Å². The minimum absolute atomic E-state index is 0.0422. The van der Waals surface area contributed by atoms with Gasteiger partial charge in [0.05, 0.1) is 12.5 Å². The molecule has 3 aliphatic heterocycles. The highest BCUT2D eigenvalue weighted by molar-refractivity contribution is 6.30. The Kier molecular flexibility index (Phi) is 5.39. The van der Waals surface area contributed by atoms with Crippen LogP contribution in [0.4, 0.5) is 0 Å². The summed E-state index contributed by atoms with van der Waals surface area (Å²) in [5.41, 5.74) is 1.19. The number of piperazine rings is 1. The molecule has 0 spiro atoms. The molecule has 3 unspecified atom stereocenters. The molecule has 7 heteroatoms. The molecule has 0 radical (unpaired) electrons. The predicted octanol–water partition coefficient (Wildman–Crippen LogP) is 1.92. The van der Waals surface area contributed by atoms with Gasteiger partial charge < -0.3 is 10.0 Å². The molecule has 6 nitrogen and oxygen atoms in total. The summed E-state index contributed by atoms with van der Waals surface area (Å²) in [7, 11) is 0. The Morgan fingerprint density at radius 2 is 1.93 bits per heavy atom. The molecule has 1 aromatic carbocycles. The number of rotatable bonds is 5. The van der Waals surface area contributed by atoms with Gasteiger partial charge >= 0.3 is 5.97 Å². The summed E-state index contributed by atoms with van der Waals surface area (Å²) in [5, 5.41) is 10.1. The van der Waals surface area contributed by atoms with Crippen molar-refractivity contribution in [2.75, 3.05) is 32.7 Å². The second-order valence-corrected chi connectivity index (χ2v) is 8.37. The van der Waals surface area contributed by atoms with Gasteiger partial charge in [-0.05, 0) is 37.0 Å². The van der Waals surface area contributed by atoms with Crippen LogP contribution >= 0.6 is 11.6 Å². The van der Waals surface area contributed by atoms with E-state index in [1.165, 1.54) is 5.56 Å². The van der Waals surface area contributed by atoms with Gasteiger partial charge in [0.25, 0.3) is 0 Å². The van der Waals surface area contributed by atoms with E-state index in [1.807, 2.05) is 23.1 Å². The standard InChI is InChI=1S/C20H26ClN3O3/c21-15-3-1-2-14(10-15)12-22-6-8-23(9-7-22)19(25)13-24-16-4-5-18(24)17(11-16)20(26)27/h1-3,10,16-18H,4-9,11-13H2,(H,26,27). The van der Waals surface area contributed by atoms with Crippen molar-refractivity contribution in [3.8, 4) is 0 Å². The quantitative estimate of drug-likeness (QED) is 0.830. The number of hydrogen-bond acceptors (Lipinski definition) is 4. The Bertz CT molecular complexity index is 720. The monoisotopic (exact) mass is 391 g/mol. The zero-order chi connectivity index (χ0) is 19.0. The van der Waals surface area contributed by atoms with E-state index >= 15 is 0 Å². The first-order valence-corrected chi connectivity index (χ1v) is 10.1. The molecule has 3 saturated heterocycles. The van der Waals surface area contributed by atoms with Crippen LogP contribution < -0.4 is 0 Å². The molecule has 1 aromatic rings. The van der Waals surface area contributed by atoms with Gasteiger partial charge in [0.1, 0.15) is 0 Å². The van der Waals surface area contributed by atoms with Crippen LogP contribution in [0, 0.1) is 5.92 Å². The number of halogens is 1. The Hall–Kier alpha value is -1.63. The minimum Gasteiger partial charge on any atom is -0.481 e. The molecule has 3 atom stereocenters. The van der Waals surface area contributed by atoms with Crippen molar-refractivity contribution in [3.05, 3.63) is 34.9 Å². The minimum atomic E-state index is -0.714. The number of benzene rings is 1. The lowest BCUT2D eigenvalue weighted by atomic mass is 9.89. The Morgan fingerprint density at radius 3 is 2.59 bits per heavy atom. The summed E-state index contributed by atoms with van der Waals surface area (Å²) < 4.78 is 0. The fraction of sp³-hybridized carbons (Fsp3) is 0.600.